The lowest BCUT2D eigenvalue weighted by molar-refractivity contribution is -0.383. The fourth-order valence-electron chi connectivity index (χ4n) is 2.49. The van der Waals surface area contributed by atoms with Gasteiger partial charge in [0.05, 0.1) is 11.1 Å². The van der Waals surface area contributed by atoms with Crippen molar-refractivity contribution in [2.75, 3.05) is 0 Å². The number of nitrogens with one attached hydrogen (secondary N) is 2. The third-order valence-corrected chi connectivity index (χ3v) is 4.27. The van der Waals surface area contributed by atoms with Gasteiger partial charge in [0.15, 0.2) is 0 Å². The smallest absolute Gasteiger partial charge is 0.293 e. The number of hydrazone groups is 1. The Morgan fingerprint density at radius 1 is 1.28 bits per heavy atom. The minimum Gasteiger partial charge on any atom is -0.345 e. The molecule has 0 saturated heterocycles. The Labute approximate surface area is 151 Å². The number of rotatable bonds is 4. The molecule has 3 rings (SSSR count). The summed E-state index contributed by atoms with van der Waals surface area (Å²) in [6.45, 7) is 1.73. The summed E-state index contributed by atoms with van der Waals surface area (Å²) in [6, 6.07) is 12.1. The molecule has 0 aliphatic carbocycles. The number of carbonyl (C=O) groups excluding carboxylic acids is 1. The maximum absolute atomic E-state index is 12.3. The zero-order chi connectivity index (χ0) is 18.0. The summed E-state index contributed by atoms with van der Waals surface area (Å²) in [5, 5.41) is 15.7. The van der Waals surface area contributed by atoms with Crippen LogP contribution in [0.25, 0.3) is 10.9 Å². The number of hydrogen-bond donors (Lipinski definition) is 2. The molecule has 0 atom stereocenters. The number of nitro benzene ring substituents is 1. The first-order chi connectivity index (χ1) is 12.0. The van der Waals surface area contributed by atoms with Crippen LogP contribution in [0, 0.1) is 17.0 Å². The molecule has 8 heteroatoms. The normalized spacial score (nSPS) is 11.1. The minimum atomic E-state index is -0.481. The summed E-state index contributed by atoms with van der Waals surface area (Å²) in [5.41, 5.74) is 4.39. The van der Waals surface area contributed by atoms with Gasteiger partial charge in [0.1, 0.15) is 11.2 Å². The molecule has 2 aromatic carbocycles. The maximum Gasteiger partial charge on any atom is 0.293 e. The van der Waals surface area contributed by atoms with Crippen molar-refractivity contribution in [3.63, 3.8) is 0 Å². The molecule has 2 N–H and O–H groups in total. The van der Waals surface area contributed by atoms with Crippen molar-refractivity contribution in [3.8, 4) is 0 Å². The lowest BCUT2D eigenvalue weighted by Gasteiger charge is -1.99. The molecule has 126 valence electrons. The molecular weight excluding hydrogens is 388 g/mol. The fourth-order valence-corrected chi connectivity index (χ4v) is 2.75. The first-order valence-corrected chi connectivity index (χ1v) is 8.11. The number of carbonyl (C=O) groups is 1. The van der Waals surface area contributed by atoms with Crippen LogP contribution in [0.15, 0.2) is 52.0 Å². The van der Waals surface area contributed by atoms with Crippen molar-refractivity contribution < 1.29 is 9.72 Å². The minimum absolute atomic E-state index is 0.0713. The molecule has 3 aromatic rings. The van der Waals surface area contributed by atoms with Crippen molar-refractivity contribution in [1.82, 2.24) is 10.4 Å². The quantitative estimate of drug-likeness (QED) is 0.394. The van der Waals surface area contributed by atoms with Crippen LogP contribution in [-0.2, 0) is 0 Å². The molecule has 7 nitrogen and oxygen atoms in total. The van der Waals surface area contributed by atoms with Crippen LogP contribution in [0.4, 0.5) is 5.69 Å². The molecule has 0 aliphatic rings. The summed E-state index contributed by atoms with van der Waals surface area (Å²) < 4.78 is 0.948. The second-order valence-corrected chi connectivity index (χ2v) is 6.25. The number of halogens is 1. The van der Waals surface area contributed by atoms with E-state index < -0.39 is 10.8 Å². The zero-order valence-electron chi connectivity index (χ0n) is 13.1. The van der Waals surface area contributed by atoms with Crippen molar-refractivity contribution in [2.45, 2.75) is 6.92 Å². The molecule has 0 spiro atoms. The number of aromatic amines is 1. The van der Waals surface area contributed by atoms with E-state index in [-0.39, 0.29) is 11.4 Å². The topological polar surface area (TPSA) is 100 Å². The summed E-state index contributed by atoms with van der Waals surface area (Å²) in [6.07, 6.45) is 1.52. The molecule has 25 heavy (non-hydrogen) atoms. The number of benzene rings is 2. The molecule has 0 unspecified atom stereocenters. The van der Waals surface area contributed by atoms with Crippen LogP contribution >= 0.6 is 15.9 Å². The molecule has 1 heterocycles. The molecule has 0 fully saturated rings. The van der Waals surface area contributed by atoms with Crippen molar-refractivity contribution in [1.29, 1.82) is 0 Å². The van der Waals surface area contributed by atoms with Gasteiger partial charge in [-0.25, -0.2) is 5.43 Å². The van der Waals surface area contributed by atoms with Gasteiger partial charge in [0.25, 0.3) is 11.6 Å². The van der Waals surface area contributed by atoms with Gasteiger partial charge in [-0.15, -0.1) is 0 Å². The number of aryl methyl sites for hydroxylation is 1. The third-order valence-electron chi connectivity index (χ3n) is 3.74. The molecule has 1 aromatic heterocycles. The summed E-state index contributed by atoms with van der Waals surface area (Å²) in [5.74, 6) is -0.462. The van der Waals surface area contributed by atoms with Crippen LogP contribution < -0.4 is 5.43 Å². The highest BCUT2D eigenvalue weighted by Gasteiger charge is 2.20. The number of aromatic nitrogens is 1. The Morgan fingerprint density at radius 3 is 2.68 bits per heavy atom. The van der Waals surface area contributed by atoms with Gasteiger partial charge in [-0.05, 0) is 30.2 Å². The van der Waals surface area contributed by atoms with Gasteiger partial charge in [-0.1, -0.05) is 40.2 Å². The second-order valence-electron chi connectivity index (χ2n) is 5.33. The summed E-state index contributed by atoms with van der Waals surface area (Å²) in [4.78, 5) is 25.8. The predicted octanol–water partition coefficient (Wildman–Crippen LogP) is 3.91. The Balaban J connectivity index is 1.85. The molecule has 0 saturated carbocycles. The number of nitrogens with zero attached hydrogens (tertiary/aromatic N) is 2. The van der Waals surface area contributed by atoms with Crippen LogP contribution in [0.3, 0.4) is 0 Å². The van der Waals surface area contributed by atoms with Gasteiger partial charge < -0.3 is 4.98 Å². The largest absolute Gasteiger partial charge is 0.345 e. The van der Waals surface area contributed by atoms with E-state index in [1.807, 2.05) is 24.3 Å². The average Bonchev–Trinajstić information content (AvgIpc) is 2.93. The molecular formula is C17H13BrN4O3. The Hall–Kier alpha value is -3.00. The lowest BCUT2D eigenvalue weighted by atomic mass is 10.1. The Kier molecular flexibility index (Phi) is 4.62. The third kappa shape index (κ3) is 3.43. The highest BCUT2D eigenvalue weighted by atomic mass is 79.9. The van der Waals surface area contributed by atoms with Crippen molar-refractivity contribution in [3.05, 3.63) is 73.9 Å². The van der Waals surface area contributed by atoms with E-state index in [4.69, 9.17) is 0 Å². The highest BCUT2D eigenvalue weighted by molar-refractivity contribution is 9.10. The van der Waals surface area contributed by atoms with E-state index in [1.54, 1.807) is 19.1 Å². The molecule has 1 amide bonds. The number of hydrogen-bond acceptors (Lipinski definition) is 4. The first-order valence-electron chi connectivity index (χ1n) is 7.32. The monoisotopic (exact) mass is 400 g/mol. The van der Waals surface area contributed by atoms with E-state index in [0.717, 1.165) is 10.0 Å². The number of amides is 1. The zero-order valence-corrected chi connectivity index (χ0v) is 14.7. The summed E-state index contributed by atoms with van der Waals surface area (Å²) in [7, 11) is 0. The maximum atomic E-state index is 12.3. The van der Waals surface area contributed by atoms with E-state index in [9.17, 15) is 14.9 Å². The number of para-hydroxylation sites is 1. The lowest BCUT2D eigenvalue weighted by Crippen LogP contribution is -2.18. The van der Waals surface area contributed by atoms with Gasteiger partial charge in [0.2, 0.25) is 0 Å². The van der Waals surface area contributed by atoms with Gasteiger partial charge in [-0.3, -0.25) is 14.9 Å². The first kappa shape index (κ1) is 16.8. The molecule has 0 bridgehead atoms. The molecule has 0 radical (unpaired) electrons. The SMILES string of the molecule is Cc1c(C(=O)N/N=C\c2ccc(Br)cc2)[nH]c2c([N+](=O)[O-])cccc12. The number of non-ortho nitro benzene ring substituents is 1. The van der Waals surface area contributed by atoms with Crippen LogP contribution in [0.5, 0.6) is 0 Å². The number of fused-ring (bicyclic) bond motifs is 1. The van der Waals surface area contributed by atoms with E-state index in [1.165, 1.54) is 12.3 Å². The van der Waals surface area contributed by atoms with Crippen molar-refractivity contribution >= 4 is 44.6 Å². The van der Waals surface area contributed by atoms with Gasteiger partial charge >= 0.3 is 0 Å². The Bertz CT molecular complexity index is 993. The predicted molar refractivity (Wildman–Crippen MR) is 98.9 cm³/mol. The van der Waals surface area contributed by atoms with Gasteiger partial charge in [-0.2, -0.15) is 5.10 Å². The van der Waals surface area contributed by atoms with E-state index in [2.05, 4.69) is 31.4 Å². The summed E-state index contributed by atoms with van der Waals surface area (Å²) >= 11 is 3.34. The van der Waals surface area contributed by atoms with Crippen LogP contribution in [0.2, 0.25) is 0 Å². The highest BCUT2D eigenvalue weighted by Crippen LogP contribution is 2.29. The van der Waals surface area contributed by atoms with Gasteiger partial charge in [0, 0.05) is 15.9 Å². The van der Waals surface area contributed by atoms with Crippen LogP contribution in [-0.4, -0.2) is 22.0 Å². The Morgan fingerprint density at radius 2 is 2.00 bits per heavy atom. The standard InChI is InChI=1S/C17H13BrN4O3/c1-10-13-3-2-4-14(22(24)25)16(13)20-15(10)17(23)21-19-9-11-5-7-12(18)8-6-11/h2-9,20H,1H3,(H,21,23)/b19-9-. The van der Waals surface area contributed by atoms with E-state index in [0.29, 0.717) is 16.5 Å². The van der Waals surface area contributed by atoms with Crippen LogP contribution in [0.1, 0.15) is 21.6 Å². The fraction of sp³-hybridized carbons (Fsp3) is 0.0588. The second kappa shape index (κ2) is 6.86. The molecule has 0 aliphatic heterocycles. The van der Waals surface area contributed by atoms with Crippen molar-refractivity contribution in [2.24, 2.45) is 5.10 Å². The number of nitro groups is 1. The number of H-pyrrole nitrogens is 1. The average molecular weight is 401 g/mol. The van der Waals surface area contributed by atoms with E-state index >= 15 is 0 Å².